The van der Waals surface area contributed by atoms with Gasteiger partial charge in [-0.3, -0.25) is 14.5 Å². The van der Waals surface area contributed by atoms with Gasteiger partial charge in [-0.2, -0.15) is 13.2 Å². The maximum atomic E-state index is 13.8. The zero-order chi connectivity index (χ0) is 23.8. The monoisotopic (exact) mass is 467 g/mol. The van der Waals surface area contributed by atoms with E-state index >= 15 is 0 Å². The number of nitrogens with one attached hydrogen (secondary N) is 2. The van der Waals surface area contributed by atoms with E-state index in [0.29, 0.717) is 36.1 Å². The van der Waals surface area contributed by atoms with Gasteiger partial charge in [-0.1, -0.05) is 19.3 Å². The van der Waals surface area contributed by atoms with Crippen LogP contribution in [0, 0.1) is 11.8 Å². The first-order valence-corrected chi connectivity index (χ1v) is 11.4. The summed E-state index contributed by atoms with van der Waals surface area (Å²) < 4.78 is 41.3. The zero-order valence-electron chi connectivity index (χ0n) is 18.1. The Morgan fingerprint density at radius 3 is 2.48 bits per heavy atom. The van der Waals surface area contributed by atoms with Gasteiger partial charge in [-0.25, -0.2) is 9.78 Å². The van der Waals surface area contributed by atoms with Crippen LogP contribution in [-0.4, -0.2) is 52.0 Å². The van der Waals surface area contributed by atoms with Crippen LogP contribution >= 0.6 is 0 Å². The topological polar surface area (TPSA) is 117 Å². The molecule has 2 heterocycles. The highest BCUT2D eigenvalue weighted by Gasteiger charge is 2.56. The third-order valence-corrected chi connectivity index (χ3v) is 6.68. The Balaban J connectivity index is 1.51. The highest BCUT2D eigenvalue weighted by atomic mass is 19.4. The number of rotatable bonds is 6. The van der Waals surface area contributed by atoms with Crippen molar-refractivity contribution in [2.45, 2.75) is 75.7 Å². The average Bonchev–Trinajstić information content (AvgIpc) is 3.57. The molecule has 1 aliphatic heterocycles. The van der Waals surface area contributed by atoms with Gasteiger partial charge in [0.25, 0.3) is 0 Å². The van der Waals surface area contributed by atoms with E-state index in [4.69, 9.17) is 5.73 Å². The van der Waals surface area contributed by atoms with Crippen LogP contribution in [-0.2, 0) is 16.0 Å². The highest BCUT2D eigenvalue weighted by Crippen LogP contribution is 2.36. The number of aromatic nitrogens is 1. The first-order chi connectivity index (χ1) is 15.6. The number of likely N-dealkylation sites (tertiary alicyclic amines) is 1. The molecule has 3 fully saturated rings. The van der Waals surface area contributed by atoms with Gasteiger partial charge in [-0.15, -0.1) is 0 Å². The molecule has 0 spiro atoms. The molecule has 3 atom stereocenters. The number of alkyl halides is 3. The maximum Gasteiger partial charge on any atom is 0.408 e. The van der Waals surface area contributed by atoms with E-state index in [0.717, 1.165) is 19.3 Å². The second kappa shape index (κ2) is 9.18. The second-order valence-electron chi connectivity index (χ2n) is 9.20. The van der Waals surface area contributed by atoms with Crippen LogP contribution in [0.5, 0.6) is 0 Å². The van der Waals surface area contributed by atoms with Crippen LogP contribution in [0.25, 0.3) is 0 Å². The maximum absolute atomic E-state index is 13.8. The molecule has 2 saturated carbocycles. The van der Waals surface area contributed by atoms with Crippen molar-refractivity contribution in [2.75, 3.05) is 5.73 Å². The predicted octanol–water partition coefficient (Wildman–Crippen LogP) is 2.53. The molecule has 4 amide bonds. The fraction of sp³-hybridized carbons (Fsp3) is 0.636. The number of amides is 4. The summed E-state index contributed by atoms with van der Waals surface area (Å²) in [4.78, 5) is 43.1. The molecule has 1 unspecified atom stereocenters. The molecular formula is C22H28F3N5O3. The smallest absolute Gasteiger partial charge is 0.384 e. The van der Waals surface area contributed by atoms with Crippen molar-refractivity contribution in [3.8, 4) is 0 Å². The Labute approximate surface area is 189 Å². The Kier molecular flexibility index (Phi) is 6.49. The largest absolute Gasteiger partial charge is 0.408 e. The lowest BCUT2D eigenvalue weighted by molar-refractivity contribution is -0.170. The summed E-state index contributed by atoms with van der Waals surface area (Å²) in [6.07, 6.45) is 1.45. The van der Waals surface area contributed by atoms with Crippen LogP contribution in [0.3, 0.4) is 0 Å². The lowest BCUT2D eigenvalue weighted by Gasteiger charge is -2.45. The SMILES string of the molecule is Nc1cc(CC2C(=O)N(C(=O)N[C@@H](C3CCCCC3)C(F)(F)F)[C@@H]2C(=O)NC2CC2)ccn1. The molecule has 0 aromatic carbocycles. The van der Waals surface area contributed by atoms with Gasteiger partial charge < -0.3 is 16.4 Å². The van der Waals surface area contributed by atoms with Crippen molar-refractivity contribution in [1.29, 1.82) is 0 Å². The Morgan fingerprint density at radius 2 is 1.88 bits per heavy atom. The molecule has 0 radical (unpaired) electrons. The van der Waals surface area contributed by atoms with E-state index in [9.17, 15) is 27.6 Å². The molecule has 0 bridgehead atoms. The van der Waals surface area contributed by atoms with Crippen molar-refractivity contribution in [3.05, 3.63) is 23.9 Å². The number of hydrogen-bond acceptors (Lipinski definition) is 5. The minimum Gasteiger partial charge on any atom is -0.384 e. The summed E-state index contributed by atoms with van der Waals surface area (Å²) in [5.41, 5.74) is 6.34. The number of carbonyl (C=O) groups is 3. The van der Waals surface area contributed by atoms with Crippen LogP contribution in [0.2, 0.25) is 0 Å². The van der Waals surface area contributed by atoms with Crippen LogP contribution in [0.4, 0.5) is 23.8 Å². The number of imide groups is 1. The van der Waals surface area contributed by atoms with Crippen LogP contribution in [0.15, 0.2) is 18.3 Å². The van der Waals surface area contributed by atoms with Crippen molar-refractivity contribution in [1.82, 2.24) is 20.5 Å². The molecule has 1 aromatic rings. The number of urea groups is 1. The van der Waals surface area contributed by atoms with E-state index in [1.165, 1.54) is 6.20 Å². The first kappa shape index (κ1) is 23.3. The fourth-order valence-corrected chi connectivity index (χ4v) is 4.80. The normalized spacial score (nSPS) is 24.7. The van der Waals surface area contributed by atoms with E-state index in [1.54, 1.807) is 12.1 Å². The highest BCUT2D eigenvalue weighted by molar-refractivity contribution is 6.09. The third-order valence-electron chi connectivity index (χ3n) is 6.68. The quantitative estimate of drug-likeness (QED) is 0.556. The van der Waals surface area contributed by atoms with Crippen molar-refractivity contribution in [2.24, 2.45) is 11.8 Å². The van der Waals surface area contributed by atoms with Gasteiger partial charge in [0.05, 0.1) is 5.92 Å². The molecule has 1 saturated heterocycles. The fourth-order valence-electron chi connectivity index (χ4n) is 4.80. The lowest BCUT2D eigenvalue weighted by Crippen LogP contribution is -2.71. The first-order valence-electron chi connectivity index (χ1n) is 11.4. The van der Waals surface area contributed by atoms with Gasteiger partial charge in [-0.05, 0) is 55.7 Å². The van der Waals surface area contributed by atoms with Crippen molar-refractivity contribution >= 4 is 23.7 Å². The molecule has 8 nitrogen and oxygen atoms in total. The number of hydrogen-bond donors (Lipinski definition) is 3. The molecule has 3 aliphatic rings. The molecular weight excluding hydrogens is 439 g/mol. The minimum atomic E-state index is -4.65. The third kappa shape index (κ3) is 5.22. The number of carbonyl (C=O) groups excluding carboxylic acids is 3. The predicted molar refractivity (Wildman–Crippen MR) is 113 cm³/mol. The Bertz CT molecular complexity index is 915. The van der Waals surface area contributed by atoms with Gasteiger partial charge >= 0.3 is 12.2 Å². The van der Waals surface area contributed by atoms with Gasteiger partial charge in [0.15, 0.2) is 0 Å². The number of β-lactam (4-membered cyclic amide) rings is 1. The summed E-state index contributed by atoms with van der Waals surface area (Å²) in [5.74, 6) is -2.57. The van der Waals surface area contributed by atoms with E-state index in [2.05, 4.69) is 10.3 Å². The molecule has 4 rings (SSSR count). The van der Waals surface area contributed by atoms with Crippen LogP contribution < -0.4 is 16.4 Å². The van der Waals surface area contributed by atoms with Crippen LogP contribution in [0.1, 0.15) is 50.5 Å². The standard InChI is InChI=1S/C22H28F3N5O3/c23-22(24,25)18(13-4-2-1-3-5-13)29-21(33)30-17(19(31)28-14-6-7-14)15(20(30)32)10-12-8-9-27-16(26)11-12/h8-9,11,13-15,17-18H,1-7,10H2,(H2,26,27)(H,28,31)(H,29,33)/t15?,17-,18-/m0/s1. The number of nitrogen functional groups attached to an aromatic ring is 1. The van der Waals surface area contributed by atoms with Crippen molar-refractivity contribution < 1.29 is 27.6 Å². The lowest BCUT2D eigenvalue weighted by atomic mass is 9.81. The summed E-state index contributed by atoms with van der Waals surface area (Å²) in [6, 6.07) is -1.22. The Hall–Kier alpha value is -2.85. The molecule has 4 N–H and O–H groups in total. The Morgan fingerprint density at radius 1 is 1.18 bits per heavy atom. The number of halogens is 3. The van der Waals surface area contributed by atoms with Gasteiger partial charge in [0.2, 0.25) is 11.8 Å². The van der Waals surface area contributed by atoms with E-state index in [1.807, 2.05) is 5.32 Å². The number of anilines is 1. The van der Waals surface area contributed by atoms with Gasteiger partial charge in [0.1, 0.15) is 17.9 Å². The van der Waals surface area contributed by atoms with E-state index in [-0.39, 0.29) is 18.3 Å². The van der Waals surface area contributed by atoms with Crippen molar-refractivity contribution in [3.63, 3.8) is 0 Å². The average molecular weight is 467 g/mol. The number of pyridine rings is 1. The second-order valence-corrected chi connectivity index (χ2v) is 9.20. The molecule has 33 heavy (non-hydrogen) atoms. The van der Waals surface area contributed by atoms with E-state index < -0.39 is 47.9 Å². The zero-order valence-corrected chi connectivity index (χ0v) is 18.1. The summed E-state index contributed by atoms with van der Waals surface area (Å²) >= 11 is 0. The molecule has 1 aromatic heterocycles. The molecule has 11 heteroatoms. The summed E-state index contributed by atoms with van der Waals surface area (Å²) in [7, 11) is 0. The molecule has 180 valence electrons. The number of nitrogens with zero attached hydrogens (tertiary/aromatic N) is 2. The summed E-state index contributed by atoms with van der Waals surface area (Å²) in [6.45, 7) is 0. The minimum absolute atomic E-state index is 0.0273. The van der Waals surface area contributed by atoms with Gasteiger partial charge in [0, 0.05) is 12.2 Å². The molecule has 2 aliphatic carbocycles. The summed E-state index contributed by atoms with van der Waals surface area (Å²) in [5, 5.41) is 4.80. The number of nitrogens with two attached hydrogens (primary N) is 1.